The van der Waals surface area contributed by atoms with Crippen molar-refractivity contribution < 1.29 is 4.74 Å². The molecule has 3 heteroatoms. The molecule has 1 aromatic carbocycles. The number of nitrogens with one attached hydrogen (secondary N) is 1. The maximum Gasteiger partial charge on any atom is 0.0708 e. The van der Waals surface area contributed by atoms with Crippen LogP contribution in [0.25, 0.3) is 10.9 Å². The van der Waals surface area contributed by atoms with E-state index in [1.165, 1.54) is 29.5 Å². The average molecular weight is 270 g/mol. The normalized spacial score (nSPS) is 14.8. The first kappa shape index (κ1) is 13.5. The Bertz CT molecular complexity index is 578. The molecule has 1 aromatic heterocycles. The summed E-state index contributed by atoms with van der Waals surface area (Å²) < 4.78 is 5.13. The van der Waals surface area contributed by atoms with Crippen LogP contribution in [0.15, 0.2) is 30.3 Å². The molecule has 1 aliphatic carbocycles. The molecule has 1 aliphatic rings. The molecule has 0 saturated heterocycles. The number of methoxy groups -OCH3 is 1. The van der Waals surface area contributed by atoms with Crippen molar-refractivity contribution >= 4 is 10.9 Å². The molecule has 20 heavy (non-hydrogen) atoms. The SMILES string of the molecule is COCCCc1cc(CNC2CC2)c2ccccc2n1. The van der Waals surface area contributed by atoms with Crippen LogP contribution in [0.5, 0.6) is 0 Å². The minimum absolute atomic E-state index is 0.735. The molecule has 3 nitrogen and oxygen atoms in total. The van der Waals surface area contributed by atoms with Gasteiger partial charge in [0.15, 0.2) is 0 Å². The van der Waals surface area contributed by atoms with Crippen LogP contribution in [-0.4, -0.2) is 24.7 Å². The number of aromatic nitrogens is 1. The fourth-order valence-corrected chi connectivity index (χ4v) is 2.52. The second-order valence-corrected chi connectivity index (χ2v) is 5.54. The van der Waals surface area contributed by atoms with Gasteiger partial charge in [-0.25, -0.2) is 0 Å². The molecule has 0 bridgehead atoms. The van der Waals surface area contributed by atoms with Crippen molar-refractivity contribution in [2.45, 2.75) is 38.3 Å². The summed E-state index contributed by atoms with van der Waals surface area (Å²) >= 11 is 0. The number of rotatable bonds is 7. The third kappa shape index (κ3) is 3.35. The Morgan fingerprint density at radius 1 is 1.30 bits per heavy atom. The number of benzene rings is 1. The van der Waals surface area contributed by atoms with Crippen LogP contribution >= 0.6 is 0 Å². The van der Waals surface area contributed by atoms with Crippen LogP contribution in [0.3, 0.4) is 0 Å². The number of pyridine rings is 1. The topological polar surface area (TPSA) is 34.1 Å². The van der Waals surface area contributed by atoms with Crippen LogP contribution < -0.4 is 5.32 Å². The molecule has 0 unspecified atom stereocenters. The Morgan fingerprint density at radius 2 is 2.15 bits per heavy atom. The van der Waals surface area contributed by atoms with Crippen LogP contribution in [0, 0.1) is 0 Å². The van der Waals surface area contributed by atoms with Gasteiger partial charge >= 0.3 is 0 Å². The summed E-state index contributed by atoms with van der Waals surface area (Å²) in [4.78, 5) is 4.77. The summed E-state index contributed by atoms with van der Waals surface area (Å²) in [6.07, 6.45) is 4.65. The first-order chi connectivity index (χ1) is 9.86. The van der Waals surface area contributed by atoms with Crippen molar-refractivity contribution in [3.63, 3.8) is 0 Å². The molecule has 1 saturated carbocycles. The van der Waals surface area contributed by atoms with Gasteiger partial charge in [0.05, 0.1) is 5.52 Å². The van der Waals surface area contributed by atoms with Crippen molar-refractivity contribution in [3.8, 4) is 0 Å². The van der Waals surface area contributed by atoms with E-state index in [0.717, 1.165) is 37.6 Å². The largest absolute Gasteiger partial charge is 0.385 e. The first-order valence-corrected chi connectivity index (χ1v) is 7.46. The molecule has 0 spiro atoms. The molecule has 0 amide bonds. The van der Waals surface area contributed by atoms with Gasteiger partial charge in [0.25, 0.3) is 0 Å². The van der Waals surface area contributed by atoms with Gasteiger partial charge in [-0.3, -0.25) is 4.98 Å². The fourth-order valence-electron chi connectivity index (χ4n) is 2.52. The lowest BCUT2D eigenvalue weighted by molar-refractivity contribution is 0.195. The van der Waals surface area contributed by atoms with Crippen molar-refractivity contribution in [2.75, 3.05) is 13.7 Å². The number of hydrogen-bond acceptors (Lipinski definition) is 3. The summed E-state index contributed by atoms with van der Waals surface area (Å²) in [5, 5.41) is 4.88. The smallest absolute Gasteiger partial charge is 0.0708 e. The van der Waals surface area contributed by atoms with Gasteiger partial charge in [-0.05, 0) is 43.4 Å². The first-order valence-electron chi connectivity index (χ1n) is 7.46. The second kappa shape index (κ2) is 6.33. The van der Waals surface area contributed by atoms with E-state index in [-0.39, 0.29) is 0 Å². The Hall–Kier alpha value is -1.45. The van der Waals surface area contributed by atoms with E-state index in [4.69, 9.17) is 9.72 Å². The molecular weight excluding hydrogens is 248 g/mol. The summed E-state index contributed by atoms with van der Waals surface area (Å²) in [7, 11) is 1.75. The summed E-state index contributed by atoms with van der Waals surface area (Å²) in [6, 6.07) is 11.4. The molecule has 0 radical (unpaired) electrons. The van der Waals surface area contributed by atoms with Gasteiger partial charge in [-0.2, -0.15) is 0 Å². The lowest BCUT2D eigenvalue weighted by Gasteiger charge is -2.10. The highest BCUT2D eigenvalue weighted by atomic mass is 16.5. The highest BCUT2D eigenvalue weighted by Gasteiger charge is 2.20. The fraction of sp³-hybridized carbons (Fsp3) is 0.471. The predicted molar refractivity (Wildman–Crippen MR) is 81.8 cm³/mol. The van der Waals surface area contributed by atoms with Gasteiger partial charge in [0.2, 0.25) is 0 Å². The van der Waals surface area contributed by atoms with E-state index in [1.807, 2.05) is 0 Å². The summed E-state index contributed by atoms with van der Waals surface area (Å²) in [5.74, 6) is 0. The van der Waals surface area contributed by atoms with Gasteiger partial charge in [-0.15, -0.1) is 0 Å². The number of para-hydroxylation sites is 1. The molecule has 3 rings (SSSR count). The monoisotopic (exact) mass is 270 g/mol. The van der Waals surface area contributed by atoms with E-state index in [2.05, 4.69) is 35.6 Å². The van der Waals surface area contributed by atoms with E-state index in [0.29, 0.717) is 0 Å². The third-order valence-corrected chi connectivity index (χ3v) is 3.79. The van der Waals surface area contributed by atoms with Crippen molar-refractivity contribution in [2.24, 2.45) is 0 Å². The maximum absolute atomic E-state index is 5.13. The highest BCUT2D eigenvalue weighted by Crippen LogP contribution is 2.22. The third-order valence-electron chi connectivity index (χ3n) is 3.79. The second-order valence-electron chi connectivity index (χ2n) is 5.54. The lowest BCUT2D eigenvalue weighted by Crippen LogP contribution is -2.16. The van der Waals surface area contributed by atoms with E-state index < -0.39 is 0 Å². The number of aryl methyl sites for hydroxylation is 1. The molecule has 0 atom stereocenters. The zero-order chi connectivity index (χ0) is 13.8. The quantitative estimate of drug-likeness (QED) is 0.785. The minimum Gasteiger partial charge on any atom is -0.385 e. The van der Waals surface area contributed by atoms with E-state index in [1.54, 1.807) is 7.11 Å². The standard InChI is InChI=1S/C17H22N2O/c1-20-10-4-5-15-11-13(12-18-14-8-9-14)16-6-2-3-7-17(16)19-15/h2-3,6-7,11,14,18H,4-5,8-10,12H2,1H3. The van der Waals surface area contributed by atoms with E-state index in [9.17, 15) is 0 Å². The Balaban J connectivity index is 1.83. The minimum atomic E-state index is 0.735. The number of nitrogens with zero attached hydrogens (tertiary/aromatic N) is 1. The molecule has 1 heterocycles. The van der Waals surface area contributed by atoms with Gasteiger partial charge in [0, 0.05) is 37.4 Å². The average Bonchev–Trinajstić information content (AvgIpc) is 3.29. The van der Waals surface area contributed by atoms with Crippen molar-refractivity contribution in [3.05, 3.63) is 41.6 Å². The van der Waals surface area contributed by atoms with Crippen LogP contribution in [-0.2, 0) is 17.7 Å². The molecule has 1 fully saturated rings. The molecular formula is C17H22N2O. The zero-order valence-corrected chi connectivity index (χ0v) is 12.1. The molecule has 2 aromatic rings. The molecule has 0 aliphatic heterocycles. The van der Waals surface area contributed by atoms with Crippen LogP contribution in [0.2, 0.25) is 0 Å². The van der Waals surface area contributed by atoms with Gasteiger partial charge in [-0.1, -0.05) is 18.2 Å². The number of hydrogen-bond donors (Lipinski definition) is 1. The number of fused-ring (bicyclic) bond motifs is 1. The highest BCUT2D eigenvalue weighted by molar-refractivity contribution is 5.82. The van der Waals surface area contributed by atoms with Crippen LogP contribution in [0.4, 0.5) is 0 Å². The molecule has 1 N–H and O–H groups in total. The van der Waals surface area contributed by atoms with Crippen molar-refractivity contribution in [1.29, 1.82) is 0 Å². The number of ether oxygens (including phenoxy) is 1. The lowest BCUT2D eigenvalue weighted by atomic mass is 10.1. The molecule has 106 valence electrons. The zero-order valence-electron chi connectivity index (χ0n) is 12.1. The predicted octanol–water partition coefficient (Wildman–Crippen LogP) is 3.07. The van der Waals surface area contributed by atoms with Gasteiger partial charge in [0.1, 0.15) is 0 Å². The summed E-state index contributed by atoms with van der Waals surface area (Å²) in [5.41, 5.74) is 3.65. The van der Waals surface area contributed by atoms with Gasteiger partial charge < -0.3 is 10.1 Å². The van der Waals surface area contributed by atoms with Crippen molar-refractivity contribution in [1.82, 2.24) is 10.3 Å². The van der Waals surface area contributed by atoms with E-state index >= 15 is 0 Å². The summed E-state index contributed by atoms with van der Waals surface area (Å²) in [6.45, 7) is 1.75. The Labute approximate surface area is 120 Å². The Kier molecular flexibility index (Phi) is 4.28. The van der Waals surface area contributed by atoms with Crippen LogP contribution in [0.1, 0.15) is 30.5 Å². The Morgan fingerprint density at radius 3 is 2.95 bits per heavy atom. The maximum atomic E-state index is 5.13.